The number of hydrogen-bond donors (Lipinski definition) is 3. The third-order valence-electron chi connectivity index (χ3n) is 6.25. The van der Waals surface area contributed by atoms with Gasteiger partial charge < -0.3 is 20.6 Å². The van der Waals surface area contributed by atoms with Gasteiger partial charge in [-0.15, -0.1) is 11.8 Å². The first-order valence-electron chi connectivity index (χ1n) is 10.9. The smallest absolute Gasteiger partial charge is 0.327 e. The lowest BCUT2D eigenvalue weighted by atomic mass is 9.94. The van der Waals surface area contributed by atoms with Crippen LogP contribution in [0.25, 0.3) is 0 Å². The van der Waals surface area contributed by atoms with Crippen molar-refractivity contribution in [3.05, 3.63) is 35.9 Å². The van der Waals surface area contributed by atoms with Crippen LogP contribution in [0.3, 0.4) is 0 Å². The standard InChI is InChI=1S/C22H25N5O7S/c1-11(28)26(14-17(30)27-15(19(31)32)22(2,3)35-18(14)27)16(29)13(12-7-5-4-6-8-12)24-21(34)25-10-9-23-20(25)33/h4-8,13-15,18H,9-10H2,1-3H3,(H,23,33)(H,24,34)(H,31,32)/t13-,14-,15+,18-/m1/s1. The van der Waals surface area contributed by atoms with Crippen LogP contribution >= 0.6 is 11.8 Å². The molecule has 3 heterocycles. The number of fused-ring (bicyclic) bond motifs is 1. The maximum Gasteiger partial charge on any atom is 0.327 e. The fraction of sp³-hybridized carbons (Fsp3) is 0.455. The number of imide groups is 2. The summed E-state index contributed by atoms with van der Waals surface area (Å²) in [5.41, 5.74) is 0.350. The lowest BCUT2D eigenvalue weighted by Crippen LogP contribution is -2.72. The summed E-state index contributed by atoms with van der Waals surface area (Å²) in [5, 5.41) is 13.9. The van der Waals surface area contributed by atoms with Crippen LogP contribution in [0.1, 0.15) is 32.4 Å². The van der Waals surface area contributed by atoms with Crippen LogP contribution in [-0.4, -0.2) is 90.9 Å². The summed E-state index contributed by atoms with van der Waals surface area (Å²) in [4.78, 5) is 78.9. The van der Waals surface area contributed by atoms with E-state index in [1.54, 1.807) is 44.2 Å². The highest BCUT2D eigenvalue weighted by atomic mass is 32.2. The fourth-order valence-corrected chi connectivity index (χ4v) is 6.33. The van der Waals surface area contributed by atoms with E-state index in [0.717, 1.165) is 16.7 Å². The summed E-state index contributed by atoms with van der Waals surface area (Å²) in [6.45, 7) is 4.88. The monoisotopic (exact) mass is 503 g/mol. The van der Waals surface area contributed by atoms with Crippen molar-refractivity contribution in [1.29, 1.82) is 0 Å². The van der Waals surface area contributed by atoms with Crippen LogP contribution in [0.4, 0.5) is 9.59 Å². The molecule has 3 aliphatic heterocycles. The second-order valence-electron chi connectivity index (χ2n) is 8.95. The van der Waals surface area contributed by atoms with Gasteiger partial charge in [0.15, 0.2) is 0 Å². The van der Waals surface area contributed by atoms with Crippen LogP contribution in [-0.2, 0) is 19.2 Å². The third kappa shape index (κ3) is 4.09. The number of nitrogens with zero attached hydrogens (tertiary/aromatic N) is 3. The number of urea groups is 2. The van der Waals surface area contributed by atoms with Crippen LogP contribution in [0.5, 0.6) is 0 Å². The molecule has 0 spiro atoms. The van der Waals surface area contributed by atoms with Gasteiger partial charge in [-0.1, -0.05) is 30.3 Å². The molecule has 3 aliphatic rings. The highest BCUT2D eigenvalue weighted by molar-refractivity contribution is 8.01. The van der Waals surface area contributed by atoms with E-state index >= 15 is 0 Å². The van der Waals surface area contributed by atoms with Gasteiger partial charge in [0, 0.05) is 24.8 Å². The SMILES string of the molecule is CC(=O)N(C(=O)[C@H](NC(=O)N1CCNC1=O)c1ccccc1)[C@@H]1C(=O)N2[C@@H]1SC(C)(C)[C@@H]2C(=O)O. The van der Waals surface area contributed by atoms with E-state index in [1.807, 2.05) is 0 Å². The van der Waals surface area contributed by atoms with Gasteiger partial charge in [0.25, 0.3) is 11.8 Å². The maximum absolute atomic E-state index is 13.7. The van der Waals surface area contributed by atoms with Crippen molar-refractivity contribution in [2.75, 3.05) is 13.1 Å². The minimum Gasteiger partial charge on any atom is -0.480 e. The highest BCUT2D eigenvalue weighted by Crippen LogP contribution is 2.52. The third-order valence-corrected chi connectivity index (χ3v) is 7.81. The summed E-state index contributed by atoms with van der Waals surface area (Å²) in [7, 11) is 0. The number of carboxylic acid groups (broad SMARTS) is 1. The maximum atomic E-state index is 13.7. The molecule has 3 fully saturated rings. The molecule has 0 aliphatic carbocycles. The number of carboxylic acids is 1. The fourth-order valence-electron chi connectivity index (χ4n) is 4.66. The van der Waals surface area contributed by atoms with Gasteiger partial charge in [-0.25, -0.2) is 19.3 Å². The van der Waals surface area contributed by atoms with Gasteiger partial charge in [-0.05, 0) is 19.4 Å². The number of carbonyl (C=O) groups excluding carboxylic acids is 5. The van der Waals surface area contributed by atoms with Gasteiger partial charge in [0.1, 0.15) is 23.5 Å². The Labute approximate surface area is 205 Å². The summed E-state index contributed by atoms with van der Waals surface area (Å²) >= 11 is 1.20. The Kier molecular flexibility index (Phi) is 6.21. The Morgan fingerprint density at radius 2 is 1.86 bits per heavy atom. The predicted octanol–water partition coefficient (Wildman–Crippen LogP) is 0.353. The van der Waals surface area contributed by atoms with Crippen molar-refractivity contribution >= 4 is 47.5 Å². The van der Waals surface area contributed by atoms with E-state index in [4.69, 9.17) is 0 Å². The van der Waals surface area contributed by atoms with E-state index in [0.29, 0.717) is 5.56 Å². The average molecular weight is 504 g/mol. The highest BCUT2D eigenvalue weighted by Gasteiger charge is 2.66. The molecule has 0 bridgehead atoms. The molecule has 13 heteroatoms. The van der Waals surface area contributed by atoms with E-state index in [9.17, 15) is 33.9 Å². The van der Waals surface area contributed by atoms with Crippen molar-refractivity contribution in [3.63, 3.8) is 0 Å². The second-order valence-corrected chi connectivity index (χ2v) is 10.7. The summed E-state index contributed by atoms with van der Waals surface area (Å²) < 4.78 is -0.845. The molecule has 35 heavy (non-hydrogen) atoms. The van der Waals surface area contributed by atoms with Crippen molar-refractivity contribution in [1.82, 2.24) is 25.3 Å². The largest absolute Gasteiger partial charge is 0.480 e. The lowest BCUT2D eigenvalue weighted by molar-refractivity contribution is -0.172. The van der Waals surface area contributed by atoms with Crippen molar-refractivity contribution in [3.8, 4) is 0 Å². The molecule has 0 unspecified atom stereocenters. The zero-order valence-corrected chi connectivity index (χ0v) is 20.1. The number of carbonyl (C=O) groups is 6. The Balaban J connectivity index is 1.65. The second kappa shape index (κ2) is 8.87. The molecule has 12 nitrogen and oxygen atoms in total. The molecule has 4 rings (SSSR count). The number of thioether (sulfide) groups is 1. The van der Waals surface area contributed by atoms with E-state index < -0.39 is 64.0 Å². The Morgan fingerprint density at radius 3 is 2.40 bits per heavy atom. The first-order chi connectivity index (χ1) is 16.5. The van der Waals surface area contributed by atoms with Gasteiger partial charge in [0.05, 0.1) is 0 Å². The van der Waals surface area contributed by atoms with Crippen LogP contribution in [0.15, 0.2) is 30.3 Å². The van der Waals surface area contributed by atoms with E-state index in [1.165, 1.54) is 16.7 Å². The van der Waals surface area contributed by atoms with Crippen molar-refractivity contribution in [2.24, 2.45) is 0 Å². The number of nitrogens with one attached hydrogen (secondary N) is 2. The number of hydrogen-bond acceptors (Lipinski definition) is 7. The number of rotatable bonds is 5. The molecular formula is C22H25N5O7S. The Bertz CT molecular complexity index is 1110. The number of aliphatic carboxylic acids is 1. The molecule has 0 aromatic heterocycles. The summed E-state index contributed by atoms with van der Waals surface area (Å²) in [5.74, 6) is -3.40. The van der Waals surface area contributed by atoms with Crippen LogP contribution < -0.4 is 10.6 Å². The topological polar surface area (TPSA) is 156 Å². The summed E-state index contributed by atoms with van der Waals surface area (Å²) in [6.07, 6.45) is 0. The molecule has 0 radical (unpaired) electrons. The molecule has 186 valence electrons. The average Bonchev–Trinajstić information content (AvgIpc) is 3.33. The molecule has 1 aromatic carbocycles. The van der Waals surface area contributed by atoms with Crippen LogP contribution in [0, 0.1) is 0 Å². The molecule has 7 amide bonds. The minimum atomic E-state index is -1.36. The molecule has 0 saturated carbocycles. The summed E-state index contributed by atoms with van der Waals surface area (Å²) in [6, 6.07) is 3.03. The molecule has 4 atom stereocenters. The van der Waals surface area contributed by atoms with Gasteiger partial charge in [-0.2, -0.15) is 0 Å². The Morgan fingerprint density at radius 1 is 1.20 bits per heavy atom. The van der Waals surface area contributed by atoms with Gasteiger partial charge in [-0.3, -0.25) is 19.3 Å². The Hall–Kier alpha value is -3.61. The van der Waals surface area contributed by atoms with Gasteiger partial charge in [0.2, 0.25) is 5.91 Å². The number of benzene rings is 1. The molecule has 1 aromatic rings. The zero-order chi connectivity index (χ0) is 25.7. The van der Waals surface area contributed by atoms with Crippen molar-refractivity contribution < 1.29 is 33.9 Å². The lowest BCUT2D eigenvalue weighted by Gasteiger charge is -2.47. The quantitative estimate of drug-likeness (QED) is 0.486. The van der Waals surface area contributed by atoms with Crippen molar-refractivity contribution in [2.45, 2.75) is 49.0 Å². The van der Waals surface area contributed by atoms with Gasteiger partial charge >= 0.3 is 18.0 Å². The number of β-lactam (4-membered cyclic amide) rings is 1. The van der Waals surface area contributed by atoms with Crippen LogP contribution in [0.2, 0.25) is 0 Å². The first-order valence-corrected chi connectivity index (χ1v) is 11.8. The normalized spacial score (nSPS) is 25.3. The first kappa shape index (κ1) is 24.5. The zero-order valence-electron chi connectivity index (χ0n) is 19.3. The molecule has 3 N–H and O–H groups in total. The number of amides is 7. The van der Waals surface area contributed by atoms with E-state index in [-0.39, 0.29) is 13.1 Å². The molecule has 3 saturated heterocycles. The van der Waals surface area contributed by atoms with E-state index in [2.05, 4.69) is 10.6 Å². The molecular weight excluding hydrogens is 478 g/mol. The minimum absolute atomic E-state index is 0.108. The predicted molar refractivity (Wildman–Crippen MR) is 123 cm³/mol.